The van der Waals surface area contributed by atoms with E-state index in [9.17, 15) is 0 Å². The molecule has 0 saturated carbocycles. The molecule has 0 aliphatic carbocycles. The fourth-order valence-electron chi connectivity index (χ4n) is 2.15. The zero-order valence-corrected chi connectivity index (χ0v) is 10.2. The third kappa shape index (κ3) is 2.90. The minimum atomic E-state index is 0.311. The lowest BCUT2D eigenvalue weighted by Crippen LogP contribution is -2.27. The number of fused-ring (bicyclic) bond motifs is 1. The summed E-state index contributed by atoms with van der Waals surface area (Å²) in [4.78, 5) is 0. The molecule has 1 aromatic carbocycles. The van der Waals surface area contributed by atoms with Crippen molar-refractivity contribution >= 4 is 0 Å². The lowest BCUT2D eigenvalue weighted by Gasteiger charge is -2.18. The first kappa shape index (κ1) is 12.2. The molecular formula is C13H20N2O2. The highest BCUT2D eigenvalue weighted by Gasteiger charge is 2.19. The van der Waals surface area contributed by atoms with Gasteiger partial charge >= 0.3 is 0 Å². The maximum Gasteiger partial charge on any atom is 0.124 e. The van der Waals surface area contributed by atoms with Crippen LogP contribution in [-0.4, -0.2) is 26.8 Å². The van der Waals surface area contributed by atoms with Gasteiger partial charge in [0.05, 0.1) is 13.7 Å². The Hall–Kier alpha value is -1.26. The van der Waals surface area contributed by atoms with E-state index < -0.39 is 0 Å². The molecule has 1 aliphatic heterocycles. The van der Waals surface area contributed by atoms with Gasteiger partial charge in [-0.15, -0.1) is 0 Å². The van der Waals surface area contributed by atoms with Crippen LogP contribution >= 0.6 is 0 Å². The number of rotatable bonds is 4. The Morgan fingerprint density at radius 3 is 3.18 bits per heavy atom. The number of benzene rings is 1. The fraction of sp³-hybridized carbons (Fsp3) is 0.538. The van der Waals surface area contributed by atoms with Crippen molar-refractivity contribution in [3.63, 3.8) is 0 Å². The van der Waals surface area contributed by atoms with Crippen LogP contribution in [0, 0.1) is 0 Å². The predicted molar refractivity (Wildman–Crippen MR) is 67.5 cm³/mol. The Kier molecular flexibility index (Phi) is 4.23. The largest absolute Gasteiger partial charge is 0.497 e. The molecule has 4 nitrogen and oxygen atoms in total. The monoisotopic (exact) mass is 236 g/mol. The van der Waals surface area contributed by atoms with E-state index >= 15 is 0 Å². The molecule has 3 N–H and O–H groups in total. The molecule has 0 radical (unpaired) electrons. The lowest BCUT2D eigenvalue weighted by atomic mass is 10.0. The highest BCUT2D eigenvalue weighted by molar-refractivity contribution is 5.42. The number of nitrogens with two attached hydrogens (primary N) is 1. The van der Waals surface area contributed by atoms with Crippen molar-refractivity contribution in [3.05, 3.63) is 23.8 Å². The van der Waals surface area contributed by atoms with E-state index in [-0.39, 0.29) is 0 Å². The van der Waals surface area contributed by atoms with Gasteiger partial charge in [0.2, 0.25) is 0 Å². The van der Waals surface area contributed by atoms with Gasteiger partial charge in [0.15, 0.2) is 0 Å². The average Bonchev–Trinajstić information content (AvgIpc) is 2.57. The molecule has 1 atom stereocenters. The molecule has 0 bridgehead atoms. The second-order valence-electron chi connectivity index (χ2n) is 4.19. The highest BCUT2D eigenvalue weighted by Crippen LogP contribution is 2.34. The van der Waals surface area contributed by atoms with E-state index in [2.05, 4.69) is 11.4 Å². The lowest BCUT2D eigenvalue weighted by molar-refractivity contribution is 0.314. The summed E-state index contributed by atoms with van der Waals surface area (Å²) < 4.78 is 11.0. The minimum absolute atomic E-state index is 0.311. The molecular weight excluding hydrogens is 216 g/mol. The van der Waals surface area contributed by atoms with Crippen molar-refractivity contribution in [2.24, 2.45) is 5.73 Å². The molecule has 0 aromatic heterocycles. The van der Waals surface area contributed by atoms with E-state index in [0.29, 0.717) is 12.6 Å². The first-order chi connectivity index (χ1) is 8.35. The third-order valence-corrected chi connectivity index (χ3v) is 3.02. The van der Waals surface area contributed by atoms with E-state index in [1.165, 1.54) is 5.56 Å². The maximum absolute atomic E-state index is 5.73. The Bertz CT molecular complexity index is 368. The van der Waals surface area contributed by atoms with Crippen LogP contribution in [0.3, 0.4) is 0 Å². The normalized spacial score (nSPS) is 19.1. The van der Waals surface area contributed by atoms with Gasteiger partial charge in [-0.05, 0) is 31.0 Å². The molecule has 17 heavy (non-hydrogen) atoms. The summed E-state index contributed by atoms with van der Waals surface area (Å²) in [6, 6.07) is 6.28. The maximum atomic E-state index is 5.73. The fourth-order valence-corrected chi connectivity index (χ4v) is 2.15. The van der Waals surface area contributed by atoms with Gasteiger partial charge < -0.3 is 20.5 Å². The van der Waals surface area contributed by atoms with Crippen molar-refractivity contribution in [3.8, 4) is 11.5 Å². The molecule has 1 aliphatic rings. The van der Waals surface area contributed by atoms with Crippen LogP contribution in [0.5, 0.6) is 11.5 Å². The quantitative estimate of drug-likeness (QED) is 0.831. The van der Waals surface area contributed by atoms with Gasteiger partial charge in [-0.2, -0.15) is 0 Å². The molecule has 0 saturated heterocycles. The average molecular weight is 236 g/mol. The zero-order chi connectivity index (χ0) is 12.1. The van der Waals surface area contributed by atoms with E-state index in [4.69, 9.17) is 15.2 Å². The van der Waals surface area contributed by atoms with Crippen molar-refractivity contribution < 1.29 is 9.47 Å². The van der Waals surface area contributed by atoms with Crippen LogP contribution in [0.1, 0.15) is 24.4 Å². The van der Waals surface area contributed by atoms with Crippen LogP contribution in [-0.2, 0) is 0 Å². The van der Waals surface area contributed by atoms with Crippen molar-refractivity contribution in [2.45, 2.75) is 18.9 Å². The Morgan fingerprint density at radius 1 is 1.53 bits per heavy atom. The SMILES string of the molecule is COc1ccc2c(c1)C(NCCN)CCCO2. The zero-order valence-electron chi connectivity index (χ0n) is 10.2. The first-order valence-corrected chi connectivity index (χ1v) is 6.09. The van der Waals surface area contributed by atoms with Gasteiger partial charge in [0.25, 0.3) is 0 Å². The molecule has 1 unspecified atom stereocenters. The summed E-state index contributed by atoms with van der Waals surface area (Å²) in [5.41, 5.74) is 6.72. The van der Waals surface area contributed by atoms with Crippen molar-refractivity contribution in [1.29, 1.82) is 0 Å². The Labute approximate surface area is 102 Å². The number of hydrogen-bond donors (Lipinski definition) is 2. The summed E-state index contributed by atoms with van der Waals surface area (Å²) in [6.45, 7) is 2.25. The molecule has 1 heterocycles. The van der Waals surface area contributed by atoms with E-state index in [0.717, 1.165) is 37.5 Å². The van der Waals surface area contributed by atoms with E-state index in [1.54, 1.807) is 7.11 Å². The van der Waals surface area contributed by atoms with Gasteiger partial charge in [0.1, 0.15) is 11.5 Å². The molecule has 2 rings (SSSR count). The van der Waals surface area contributed by atoms with Crippen LogP contribution in [0.2, 0.25) is 0 Å². The molecule has 0 spiro atoms. The molecule has 0 amide bonds. The minimum Gasteiger partial charge on any atom is -0.497 e. The first-order valence-electron chi connectivity index (χ1n) is 6.09. The topological polar surface area (TPSA) is 56.5 Å². The summed E-state index contributed by atoms with van der Waals surface area (Å²) in [5, 5.41) is 3.46. The second-order valence-corrected chi connectivity index (χ2v) is 4.19. The number of ether oxygens (including phenoxy) is 2. The molecule has 0 fully saturated rings. The smallest absolute Gasteiger partial charge is 0.124 e. The van der Waals surface area contributed by atoms with E-state index in [1.807, 2.05) is 12.1 Å². The van der Waals surface area contributed by atoms with Gasteiger partial charge in [-0.3, -0.25) is 0 Å². The summed E-state index contributed by atoms with van der Waals surface area (Å²) in [7, 11) is 1.68. The number of methoxy groups -OCH3 is 1. The standard InChI is InChI=1S/C13H20N2O2/c1-16-10-4-5-13-11(9-10)12(15-7-6-14)3-2-8-17-13/h4-5,9,12,15H,2-3,6-8,14H2,1H3. The van der Waals surface area contributed by atoms with Crippen molar-refractivity contribution in [2.75, 3.05) is 26.8 Å². The Balaban J connectivity index is 2.25. The van der Waals surface area contributed by atoms with Gasteiger partial charge in [0, 0.05) is 24.7 Å². The van der Waals surface area contributed by atoms with Gasteiger partial charge in [-0.1, -0.05) is 0 Å². The molecule has 94 valence electrons. The van der Waals surface area contributed by atoms with Crippen LogP contribution < -0.4 is 20.5 Å². The Morgan fingerprint density at radius 2 is 2.41 bits per heavy atom. The van der Waals surface area contributed by atoms with Gasteiger partial charge in [-0.25, -0.2) is 0 Å². The van der Waals surface area contributed by atoms with Crippen LogP contribution in [0.4, 0.5) is 0 Å². The molecule has 1 aromatic rings. The van der Waals surface area contributed by atoms with Crippen LogP contribution in [0.15, 0.2) is 18.2 Å². The van der Waals surface area contributed by atoms with Crippen molar-refractivity contribution in [1.82, 2.24) is 5.32 Å². The van der Waals surface area contributed by atoms with Crippen LogP contribution in [0.25, 0.3) is 0 Å². The molecule has 4 heteroatoms. The number of nitrogens with one attached hydrogen (secondary N) is 1. The summed E-state index contributed by atoms with van der Waals surface area (Å²) in [5.74, 6) is 1.83. The third-order valence-electron chi connectivity index (χ3n) is 3.02. The highest BCUT2D eigenvalue weighted by atomic mass is 16.5. The summed E-state index contributed by atoms with van der Waals surface area (Å²) >= 11 is 0. The summed E-state index contributed by atoms with van der Waals surface area (Å²) in [6.07, 6.45) is 2.12. The second kappa shape index (κ2) is 5.89. The predicted octanol–water partition coefficient (Wildman–Crippen LogP) is 1.46. The number of hydrogen-bond acceptors (Lipinski definition) is 4.